The molecule has 0 heteroatoms. The molecule has 0 radical (unpaired) electrons. The largest absolute Gasteiger partial charge is 0.0654 e. The standard InChI is InChI=1S/C19H30/c1-2-3-5-8-18-12-15-19(16-13-18)14-11-17-9-6-4-7-10-17/h12-13,15-17H,2-11,14H2,1H3. The van der Waals surface area contributed by atoms with Gasteiger partial charge in [0.2, 0.25) is 0 Å². The lowest BCUT2D eigenvalue weighted by molar-refractivity contribution is 0.339. The molecule has 0 bridgehead atoms. The molecule has 19 heavy (non-hydrogen) atoms. The fourth-order valence-corrected chi connectivity index (χ4v) is 3.30. The molecule has 106 valence electrons. The van der Waals surface area contributed by atoms with Gasteiger partial charge >= 0.3 is 0 Å². The third-order valence-corrected chi connectivity index (χ3v) is 4.66. The highest BCUT2D eigenvalue weighted by Gasteiger charge is 2.12. The number of aryl methyl sites for hydroxylation is 2. The van der Waals surface area contributed by atoms with E-state index in [1.807, 2.05) is 0 Å². The van der Waals surface area contributed by atoms with E-state index in [0.29, 0.717) is 0 Å². The first-order valence-electron chi connectivity index (χ1n) is 8.46. The molecule has 1 aromatic carbocycles. The van der Waals surface area contributed by atoms with Crippen LogP contribution in [0.1, 0.15) is 75.8 Å². The third-order valence-electron chi connectivity index (χ3n) is 4.66. The van der Waals surface area contributed by atoms with Gasteiger partial charge in [-0.25, -0.2) is 0 Å². The summed E-state index contributed by atoms with van der Waals surface area (Å²) in [5, 5.41) is 0. The molecule has 0 saturated heterocycles. The van der Waals surface area contributed by atoms with Crippen LogP contribution < -0.4 is 0 Å². The average molecular weight is 258 g/mol. The number of hydrogen-bond acceptors (Lipinski definition) is 0. The summed E-state index contributed by atoms with van der Waals surface area (Å²) in [7, 11) is 0. The predicted molar refractivity (Wildman–Crippen MR) is 84.6 cm³/mol. The monoisotopic (exact) mass is 258 g/mol. The third kappa shape index (κ3) is 5.38. The molecule has 0 N–H and O–H groups in total. The fourth-order valence-electron chi connectivity index (χ4n) is 3.30. The molecular weight excluding hydrogens is 228 g/mol. The molecule has 1 aliphatic carbocycles. The van der Waals surface area contributed by atoms with Crippen molar-refractivity contribution in [2.45, 2.75) is 77.6 Å². The lowest BCUT2D eigenvalue weighted by atomic mass is 9.85. The van der Waals surface area contributed by atoms with Crippen molar-refractivity contribution in [2.24, 2.45) is 5.92 Å². The number of hydrogen-bond donors (Lipinski definition) is 0. The maximum absolute atomic E-state index is 2.37. The van der Waals surface area contributed by atoms with Crippen LogP contribution in [0.2, 0.25) is 0 Å². The molecule has 0 unspecified atom stereocenters. The predicted octanol–water partition coefficient (Wildman–Crippen LogP) is 5.93. The second kappa shape index (κ2) is 8.40. The first-order chi connectivity index (χ1) is 9.38. The first kappa shape index (κ1) is 14.6. The average Bonchev–Trinajstić information content (AvgIpc) is 2.48. The Labute approximate surface area is 119 Å². The SMILES string of the molecule is CCCCCc1ccc(CCC2CCCCC2)cc1. The van der Waals surface area contributed by atoms with Crippen molar-refractivity contribution in [1.29, 1.82) is 0 Å². The van der Waals surface area contributed by atoms with Gasteiger partial charge in [0, 0.05) is 0 Å². The molecule has 1 aromatic rings. The highest BCUT2D eigenvalue weighted by molar-refractivity contribution is 5.22. The Morgan fingerprint density at radius 1 is 0.842 bits per heavy atom. The Morgan fingerprint density at radius 2 is 1.47 bits per heavy atom. The molecule has 1 fully saturated rings. The molecule has 0 aromatic heterocycles. The number of rotatable bonds is 7. The normalized spacial score (nSPS) is 16.7. The van der Waals surface area contributed by atoms with Crippen LogP contribution in [0.4, 0.5) is 0 Å². The van der Waals surface area contributed by atoms with Crippen LogP contribution in [0.5, 0.6) is 0 Å². The van der Waals surface area contributed by atoms with Gasteiger partial charge in [-0.2, -0.15) is 0 Å². The van der Waals surface area contributed by atoms with E-state index >= 15 is 0 Å². The highest BCUT2D eigenvalue weighted by atomic mass is 14.2. The molecule has 0 atom stereocenters. The molecule has 0 amide bonds. The minimum Gasteiger partial charge on any atom is -0.0654 e. The lowest BCUT2D eigenvalue weighted by Gasteiger charge is -2.21. The Bertz CT molecular complexity index is 330. The zero-order valence-corrected chi connectivity index (χ0v) is 12.7. The van der Waals surface area contributed by atoms with Crippen LogP contribution >= 0.6 is 0 Å². The summed E-state index contributed by atoms with van der Waals surface area (Å²) in [4.78, 5) is 0. The van der Waals surface area contributed by atoms with E-state index in [1.165, 1.54) is 76.2 Å². The summed E-state index contributed by atoms with van der Waals surface area (Å²) >= 11 is 0. The fraction of sp³-hybridized carbons (Fsp3) is 0.684. The Balaban J connectivity index is 1.71. The smallest absolute Gasteiger partial charge is 0.0276 e. The van der Waals surface area contributed by atoms with E-state index < -0.39 is 0 Å². The molecule has 1 aliphatic rings. The molecule has 0 nitrogen and oxygen atoms in total. The number of benzene rings is 1. The molecule has 0 aliphatic heterocycles. The number of unbranched alkanes of at least 4 members (excludes halogenated alkanes) is 2. The van der Waals surface area contributed by atoms with Crippen molar-refractivity contribution in [3.8, 4) is 0 Å². The molecule has 1 saturated carbocycles. The van der Waals surface area contributed by atoms with Gasteiger partial charge in [0.15, 0.2) is 0 Å². The van der Waals surface area contributed by atoms with Gasteiger partial charge in [-0.1, -0.05) is 76.1 Å². The van der Waals surface area contributed by atoms with Gasteiger partial charge in [0.1, 0.15) is 0 Å². The van der Waals surface area contributed by atoms with Gasteiger partial charge in [0.25, 0.3) is 0 Å². The second-order valence-electron chi connectivity index (χ2n) is 6.32. The highest BCUT2D eigenvalue weighted by Crippen LogP contribution is 2.27. The van der Waals surface area contributed by atoms with Gasteiger partial charge in [-0.15, -0.1) is 0 Å². The molecule has 0 spiro atoms. The van der Waals surface area contributed by atoms with Crippen LogP contribution in [0.3, 0.4) is 0 Å². The van der Waals surface area contributed by atoms with E-state index in [0.717, 1.165) is 5.92 Å². The molecular formula is C19H30. The molecule has 2 rings (SSSR count). The zero-order valence-electron chi connectivity index (χ0n) is 12.7. The summed E-state index contributed by atoms with van der Waals surface area (Å²) < 4.78 is 0. The van der Waals surface area contributed by atoms with Gasteiger partial charge in [0.05, 0.1) is 0 Å². The summed E-state index contributed by atoms with van der Waals surface area (Å²) in [6.07, 6.45) is 15.4. The second-order valence-corrected chi connectivity index (χ2v) is 6.32. The van der Waals surface area contributed by atoms with E-state index in [4.69, 9.17) is 0 Å². The summed E-state index contributed by atoms with van der Waals surface area (Å²) in [5.41, 5.74) is 3.07. The van der Waals surface area contributed by atoms with E-state index in [2.05, 4.69) is 31.2 Å². The van der Waals surface area contributed by atoms with Crippen molar-refractivity contribution in [1.82, 2.24) is 0 Å². The van der Waals surface area contributed by atoms with Gasteiger partial charge in [-0.05, 0) is 42.7 Å². The van der Waals surface area contributed by atoms with E-state index in [1.54, 1.807) is 5.56 Å². The van der Waals surface area contributed by atoms with E-state index in [9.17, 15) is 0 Å². The van der Waals surface area contributed by atoms with Crippen LogP contribution in [0.15, 0.2) is 24.3 Å². The minimum atomic E-state index is 1.01. The Kier molecular flexibility index (Phi) is 6.47. The Hall–Kier alpha value is -0.780. The maximum Gasteiger partial charge on any atom is -0.0276 e. The van der Waals surface area contributed by atoms with Crippen molar-refractivity contribution in [3.63, 3.8) is 0 Å². The van der Waals surface area contributed by atoms with Crippen LogP contribution in [-0.4, -0.2) is 0 Å². The summed E-state index contributed by atoms with van der Waals surface area (Å²) in [6, 6.07) is 9.44. The summed E-state index contributed by atoms with van der Waals surface area (Å²) in [6.45, 7) is 2.27. The van der Waals surface area contributed by atoms with Gasteiger partial charge in [-0.3, -0.25) is 0 Å². The van der Waals surface area contributed by atoms with Gasteiger partial charge < -0.3 is 0 Å². The quantitative estimate of drug-likeness (QED) is 0.531. The van der Waals surface area contributed by atoms with Crippen molar-refractivity contribution in [2.75, 3.05) is 0 Å². The molecule has 0 heterocycles. The maximum atomic E-state index is 2.37. The van der Waals surface area contributed by atoms with Crippen LogP contribution in [-0.2, 0) is 12.8 Å². The van der Waals surface area contributed by atoms with Crippen LogP contribution in [0, 0.1) is 5.92 Å². The van der Waals surface area contributed by atoms with Crippen molar-refractivity contribution < 1.29 is 0 Å². The minimum absolute atomic E-state index is 1.01. The van der Waals surface area contributed by atoms with Crippen molar-refractivity contribution >= 4 is 0 Å². The summed E-state index contributed by atoms with van der Waals surface area (Å²) in [5.74, 6) is 1.01. The van der Waals surface area contributed by atoms with E-state index in [-0.39, 0.29) is 0 Å². The Morgan fingerprint density at radius 3 is 2.11 bits per heavy atom. The first-order valence-corrected chi connectivity index (χ1v) is 8.46. The lowest BCUT2D eigenvalue weighted by Crippen LogP contribution is -2.07. The topological polar surface area (TPSA) is 0 Å². The zero-order chi connectivity index (χ0) is 13.3. The van der Waals surface area contributed by atoms with Crippen molar-refractivity contribution in [3.05, 3.63) is 35.4 Å². The van der Waals surface area contributed by atoms with Crippen LogP contribution in [0.25, 0.3) is 0 Å².